The first-order valence-corrected chi connectivity index (χ1v) is 8.29. The summed E-state index contributed by atoms with van der Waals surface area (Å²) >= 11 is 1.86. The van der Waals surface area contributed by atoms with Gasteiger partial charge in [-0.2, -0.15) is 0 Å². The maximum atomic E-state index is 6.01. The molecule has 1 N–H and O–H groups in total. The molecule has 0 fully saturated rings. The van der Waals surface area contributed by atoms with Gasteiger partial charge in [0.2, 0.25) is 0 Å². The lowest BCUT2D eigenvalue weighted by molar-refractivity contribution is 0.303. The van der Waals surface area contributed by atoms with Gasteiger partial charge < -0.3 is 10.1 Å². The number of benzene rings is 1. The Labute approximate surface area is 132 Å². The Morgan fingerprint density at radius 1 is 1.14 bits per heavy atom. The average Bonchev–Trinajstić information content (AvgIpc) is 2.78. The van der Waals surface area contributed by atoms with Gasteiger partial charge in [-0.15, -0.1) is 11.3 Å². The van der Waals surface area contributed by atoms with Crippen LogP contribution in [0.4, 0.5) is 0 Å². The fraction of sp³-hybridized carbons (Fsp3) is 0.444. The van der Waals surface area contributed by atoms with E-state index < -0.39 is 0 Å². The third kappa shape index (κ3) is 4.58. The van der Waals surface area contributed by atoms with Crippen LogP contribution < -0.4 is 10.1 Å². The van der Waals surface area contributed by atoms with Crippen molar-refractivity contribution in [3.8, 4) is 5.75 Å². The first-order chi connectivity index (χ1) is 9.95. The molecule has 0 spiro atoms. The molecule has 0 atom stereocenters. The summed E-state index contributed by atoms with van der Waals surface area (Å²) in [6.07, 6.45) is 0. The highest BCUT2D eigenvalue weighted by Gasteiger charge is 2.08. The van der Waals surface area contributed by atoms with E-state index in [-0.39, 0.29) is 0 Å². The molecule has 3 heteroatoms. The van der Waals surface area contributed by atoms with Gasteiger partial charge in [-0.05, 0) is 44.0 Å². The van der Waals surface area contributed by atoms with Crippen LogP contribution in [0.3, 0.4) is 0 Å². The predicted molar refractivity (Wildman–Crippen MR) is 91.3 cm³/mol. The molecule has 1 aromatic heterocycles. The minimum Gasteiger partial charge on any atom is -0.489 e. The summed E-state index contributed by atoms with van der Waals surface area (Å²) in [6.45, 7) is 12.3. The smallest absolute Gasteiger partial charge is 0.122 e. The molecule has 2 nitrogen and oxygen atoms in total. The number of ether oxygens (including phenoxy) is 1. The average molecular weight is 303 g/mol. The largest absolute Gasteiger partial charge is 0.489 e. The molecule has 0 aliphatic heterocycles. The molecule has 1 heterocycles. The predicted octanol–water partition coefficient (Wildman–Crippen LogP) is 4.75. The fourth-order valence-corrected chi connectivity index (χ4v) is 3.14. The van der Waals surface area contributed by atoms with E-state index in [1.807, 2.05) is 11.3 Å². The van der Waals surface area contributed by atoms with Crippen LogP contribution in [-0.2, 0) is 13.2 Å². The summed E-state index contributed by atoms with van der Waals surface area (Å²) in [6, 6.07) is 9.12. The number of hydrogen-bond acceptors (Lipinski definition) is 3. The van der Waals surface area contributed by atoms with Crippen LogP contribution in [0.5, 0.6) is 5.75 Å². The molecular weight excluding hydrogens is 278 g/mol. The molecule has 2 aromatic rings. The number of hydrogen-bond donors (Lipinski definition) is 1. The molecule has 1 aromatic carbocycles. The lowest BCUT2D eigenvalue weighted by atomic mass is 10.1. The second-order valence-corrected chi connectivity index (χ2v) is 7.23. The SMILES string of the molecule is Cc1ccc(C)c(OCc2cc(CNC(C)C)sc2C)c1. The number of thiophene rings is 1. The van der Waals surface area contributed by atoms with E-state index in [4.69, 9.17) is 4.74 Å². The van der Waals surface area contributed by atoms with Gasteiger partial charge in [-0.3, -0.25) is 0 Å². The van der Waals surface area contributed by atoms with Crippen molar-refractivity contribution >= 4 is 11.3 Å². The minimum atomic E-state index is 0.516. The first kappa shape index (κ1) is 16.1. The molecule has 0 radical (unpaired) electrons. The zero-order chi connectivity index (χ0) is 15.4. The standard InChI is InChI=1S/C18H25NOS/c1-12(2)19-10-17-9-16(15(5)21-17)11-20-18-8-13(3)6-7-14(18)4/h6-9,12,19H,10-11H2,1-5H3. The molecule has 0 saturated carbocycles. The van der Waals surface area contributed by atoms with Crippen molar-refractivity contribution in [2.75, 3.05) is 0 Å². The Kier molecular flexibility index (Phi) is 5.43. The molecule has 0 unspecified atom stereocenters. The van der Waals surface area contributed by atoms with Gasteiger partial charge >= 0.3 is 0 Å². The molecule has 0 aliphatic carbocycles. The van der Waals surface area contributed by atoms with Gasteiger partial charge in [0.15, 0.2) is 0 Å². The fourth-order valence-electron chi connectivity index (χ4n) is 2.14. The molecule has 0 bridgehead atoms. The highest BCUT2D eigenvalue weighted by Crippen LogP contribution is 2.25. The second-order valence-electron chi connectivity index (χ2n) is 5.89. The van der Waals surface area contributed by atoms with Crippen molar-refractivity contribution in [1.29, 1.82) is 0 Å². The lowest BCUT2D eigenvalue weighted by Crippen LogP contribution is -2.21. The topological polar surface area (TPSA) is 21.3 Å². The van der Waals surface area contributed by atoms with E-state index in [2.05, 4.69) is 64.2 Å². The van der Waals surface area contributed by atoms with Crippen LogP contribution in [0.15, 0.2) is 24.3 Å². The van der Waals surface area contributed by atoms with E-state index in [0.29, 0.717) is 12.6 Å². The molecule has 114 valence electrons. The van der Waals surface area contributed by atoms with Crippen LogP contribution in [0.25, 0.3) is 0 Å². The number of aryl methyl sites for hydroxylation is 3. The third-order valence-corrected chi connectivity index (χ3v) is 4.58. The summed E-state index contributed by atoms with van der Waals surface area (Å²) in [5.41, 5.74) is 3.72. The molecule has 0 aliphatic rings. The second kappa shape index (κ2) is 7.10. The van der Waals surface area contributed by atoms with E-state index >= 15 is 0 Å². The van der Waals surface area contributed by atoms with Gasteiger partial charge in [0.1, 0.15) is 12.4 Å². The Morgan fingerprint density at radius 2 is 1.90 bits per heavy atom. The van der Waals surface area contributed by atoms with Gasteiger partial charge in [-0.1, -0.05) is 26.0 Å². The Balaban J connectivity index is 2.01. The quantitative estimate of drug-likeness (QED) is 0.831. The summed E-state index contributed by atoms with van der Waals surface area (Å²) in [4.78, 5) is 2.72. The summed E-state index contributed by atoms with van der Waals surface area (Å²) in [5, 5.41) is 3.46. The van der Waals surface area contributed by atoms with Crippen LogP contribution in [0, 0.1) is 20.8 Å². The Bertz CT molecular complexity index is 601. The normalized spacial score (nSPS) is 11.1. The Hall–Kier alpha value is -1.32. The van der Waals surface area contributed by atoms with E-state index in [0.717, 1.165) is 12.3 Å². The van der Waals surface area contributed by atoms with Gasteiger partial charge in [0, 0.05) is 27.9 Å². The molecule has 21 heavy (non-hydrogen) atoms. The summed E-state index contributed by atoms with van der Waals surface area (Å²) in [5.74, 6) is 0.988. The molecule has 0 amide bonds. The van der Waals surface area contributed by atoms with E-state index in [1.54, 1.807) is 0 Å². The lowest BCUT2D eigenvalue weighted by Gasteiger charge is -2.09. The third-order valence-electron chi connectivity index (χ3n) is 3.48. The van der Waals surface area contributed by atoms with Crippen molar-refractivity contribution < 1.29 is 4.74 Å². The van der Waals surface area contributed by atoms with E-state index in [9.17, 15) is 0 Å². The minimum absolute atomic E-state index is 0.516. The van der Waals surface area contributed by atoms with Crippen molar-refractivity contribution in [1.82, 2.24) is 5.32 Å². The highest BCUT2D eigenvalue weighted by molar-refractivity contribution is 7.12. The van der Waals surface area contributed by atoms with Crippen molar-refractivity contribution in [3.63, 3.8) is 0 Å². The van der Waals surface area contributed by atoms with Gasteiger partial charge in [-0.25, -0.2) is 0 Å². The monoisotopic (exact) mass is 303 g/mol. The zero-order valence-corrected chi connectivity index (χ0v) is 14.4. The van der Waals surface area contributed by atoms with Crippen LogP contribution in [0.2, 0.25) is 0 Å². The molecular formula is C18H25NOS. The number of nitrogens with one attached hydrogen (secondary N) is 1. The molecule has 0 saturated heterocycles. The molecule has 2 rings (SSSR count). The maximum Gasteiger partial charge on any atom is 0.122 e. The Morgan fingerprint density at radius 3 is 2.62 bits per heavy atom. The van der Waals surface area contributed by atoms with Crippen LogP contribution >= 0.6 is 11.3 Å². The highest BCUT2D eigenvalue weighted by atomic mass is 32.1. The summed E-state index contributed by atoms with van der Waals surface area (Å²) in [7, 11) is 0. The van der Waals surface area contributed by atoms with Crippen molar-refractivity contribution in [2.24, 2.45) is 0 Å². The van der Waals surface area contributed by atoms with Crippen molar-refractivity contribution in [3.05, 3.63) is 50.7 Å². The van der Waals surface area contributed by atoms with Crippen LogP contribution in [-0.4, -0.2) is 6.04 Å². The summed E-state index contributed by atoms with van der Waals surface area (Å²) < 4.78 is 6.01. The van der Waals surface area contributed by atoms with Gasteiger partial charge in [0.05, 0.1) is 0 Å². The van der Waals surface area contributed by atoms with Crippen molar-refractivity contribution in [2.45, 2.75) is 53.8 Å². The van der Waals surface area contributed by atoms with E-state index in [1.165, 1.54) is 26.4 Å². The zero-order valence-electron chi connectivity index (χ0n) is 13.6. The van der Waals surface area contributed by atoms with Crippen LogP contribution in [0.1, 0.15) is 40.3 Å². The maximum absolute atomic E-state index is 6.01. The van der Waals surface area contributed by atoms with Gasteiger partial charge in [0.25, 0.3) is 0 Å². The number of rotatable bonds is 6. The first-order valence-electron chi connectivity index (χ1n) is 7.47.